The number of unbranched alkanes of at least 4 members (excludes halogenated alkanes) is 5. The molecular weight excluding hydrogens is 534 g/mol. The predicted octanol–water partition coefficient (Wildman–Crippen LogP) is 6.23. The zero-order valence-corrected chi connectivity index (χ0v) is 27.2. The fraction of sp³-hybridized carbons (Fsp3) is 0.697. The Kier molecular flexibility index (Phi) is 16.8. The lowest BCUT2D eigenvalue weighted by atomic mass is 9.94. The summed E-state index contributed by atoms with van der Waals surface area (Å²) in [6.45, 7) is 15.7. The first kappa shape index (κ1) is 36.9. The maximum absolute atomic E-state index is 14.4. The third-order valence-corrected chi connectivity index (χ3v) is 7.16. The monoisotopic (exact) mass is 589 g/mol. The highest BCUT2D eigenvalue weighted by Crippen LogP contribution is 2.28. The Morgan fingerprint density at radius 3 is 2.19 bits per heavy atom. The first-order valence-electron chi connectivity index (χ1n) is 15.6. The van der Waals surface area contributed by atoms with Crippen molar-refractivity contribution < 1.29 is 28.7 Å². The van der Waals surface area contributed by atoms with Crippen LogP contribution in [0.3, 0.4) is 0 Å². The molecule has 3 atom stereocenters. The molecule has 9 nitrogen and oxygen atoms in total. The smallest absolute Gasteiger partial charge is 0.408 e. The summed E-state index contributed by atoms with van der Waals surface area (Å²) in [5, 5.41) is 5.67. The molecule has 0 saturated heterocycles. The van der Waals surface area contributed by atoms with E-state index in [1.807, 2.05) is 45.0 Å². The number of carbonyl (C=O) groups is 4. The Hall–Kier alpha value is -3.10. The highest BCUT2D eigenvalue weighted by molar-refractivity contribution is 5.92. The van der Waals surface area contributed by atoms with Gasteiger partial charge in [-0.3, -0.25) is 14.4 Å². The molecule has 2 N–H and O–H groups in total. The van der Waals surface area contributed by atoms with E-state index in [0.29, 0.717) is 24.9 Å². The highest BCUT2D eigenvalue weighted by Gasteiger charge is 2.38. The quantitative estimate of drug-likeness (QED) is 0.155. The third kappa shape index (κ3) is 13.3. The van der Waals surface area contributed by atoms with E-state index in [1.165, 1.54) is 0 Å². The van der Waals surface area contributed by atoms with Gasteiger partial charge in [0.25, 0.3) is 0 Å². The summed E-state index contributed by atoms with van der Waals surface area (Å²) in [5.41, 5.74) is 0.836. The number of benzene rings is 1. The largest absolute Gasteiger partial charge is 0.466 e. The van der Waals surface area contributed by atoms with E-state index in [2.05, 4.69) is 17.6 Å². The average Bonchev–Trinajstić information content (AvgIpc) is 2.92. The number of hydrogen-bond donors (Lipinski definition) is 2. The van der Waals surface area contributed by atoms with Crippen molar-refractivity contribution in [2.75, 3.05) is 19.7 Å². The molecule has 0 fully saturated rings. The van der Waals surface area contributed by atoms with Crippen LogP contribution < -0.4 is 10.6 Å². The summed E-state index contributed by atoms with van der Waals surface area (Å²) < 4.78 is 10.5. The molecule has 0 aromatic heterocycles. The molecule has 238 valence electrons. The summed E-state index contributed by atoms with van der Waals surface area (Å²) in [6, 6.07) is 5.67. The van der Waals surface area contributed by atoms with Crippen LogP contribution in [-0.4, -0.2) is 60.1 Å². The van der Waals surface area contributed by atoms with Gasteiger partial charge in [-0.25, -0.2) is 4.79 Å². The maximum Gasteiger partial charge on any atom is 0.408 e. The molecule has 0 aliphatic carbocycles. The first-order chi connectivity index (χ1) is 19.9. The molecule has 3 unspecified atom stereocenters. The van der Waals surface area contributed by atoms with Crippen molar-refractivity contribution in [2.45, 2.75) is 124 Å². The van der Waals surface area contributed by atoms with Crippen LogP contribution in [0.25, 0.3) is 0 Å². The van der Waals surface area contributed by atoms with E-state index in [9.17, 15) is 19.2 Å². The zero-order valence-electron chi connectivity index (χ0n) is 27.2. The Labute approximate surface area is 253 Å². The van der Waals surface area contributed by atoms with Crippen molar-refractivity contribution in [3.8, 4) is 0 Å². The van der Waals surface area contributed by atoms with Crippen LogP contribution in [0.4, 0.5) is 4.79 Å². The maximum atomic E-state index is 14.4. The van der Waals surface area contributed by atoms with E-state index in [0.717, 1.165) is 37.7 Å². The van der Waals surface area contributed by atoms with Gasteiger partial charge in [-0.2, -0.15) is 0 Å². The van der Waals surface area contributed by atoms with Crippen molar-refractivity contribution in [1.29, 1.82) is 0 Å². The van der Waals surface area contributed by atoms with Crippen molar-refractivity contribution in [3.05, 3.63) is 35.4 Å². The number of ether oxygens (including phenoxy) is 2. The van der Waals surface area contributed by atoms with E-state index in [-0.39, 0.29) is 37.3 Å². The summed E-state index contributed by atoms with van der Waals surface area (Å²) in [5.74, 6) is -1.32. The molecule has 3 amide bonds. The second-order valence-corrected chi connectivity index (χ2v) is 11.9. The zero-order chi connectivity index (χ0) is 31.7. The molecule has 1 rings (SSSR count). The first-order valence-corrected chi connectivity index (χ1v) is 15.6. The molecule has 0 aliphatic rings. The average molecular weight is 590 g/mol. The van der Waals surface area contributed by atoms with E-state index in [4.69, 9.17) is 9.47 Å². The van der Waals surface area contributed by atoms with Crippen LogP contribution in [0.5, 0.6) is 0 Å². The molecule has 1 aromatic carbocycles. The molecule has 0 heterocycles. The minimum atomic E-state index is -0.941. The number of aryl methyl sites for hydroxylation is 1. The predicted molar refractivity (Wildman–Crippen MR) is 166 cm³/mol. The summed E-state index contributed by atoms with van der Waals surface area (Å²) >= 11 is 0. The Morgan fingerprint density at radius 2 is 1.60 bits per heavy atom. The molecule has 42 heavy (non-hydrogen) atoms. The topological polar surface area (TPSA) is 114 Å². The van der Waals surface area contributed by atoms with E-state index in [1.54, 1.807) is 32.6 Å². The Morgan fingerprint density at radius 1 is 0.952 bits per heavy atom. The lowest BCUT2D eigenvalue weighted by Gasteiger charge is -2.36. The summed E-state index contributed by atoms with van der Waals surface area (Å²) in [7, 11) is 0. The molecule has 0 aliphatic heterocycles. The van der Waals surface area contributed by atoms with Crippen LogP contribution in [-0.2, 0) is 23.9 Å². The van der Waals surface area contributed by atoms with Crippen molar-refractivity contribution >= 4 is 23.9 Å². The number of nitrogens with zero attached hydrogens (tertiary/aromatic N) is 1. The third-order valence-electron chi connectivity index (χ3n) is 7.16. The number of alkyl carbamates (subject to hydrolysis) is 1. The van der Waals surface area contributed by atoms with Crippen LogP contribution in [0, 0.1) is 12.8 Å². The number of rotatable bonds is 18. The molecule has 0 spiro atoms. The van der Waals surface area contributed by atoms with Crippen molar-refractivity contribution in [2.24, 2.45) is 5.92 Å². The van der Waals surface area contributed by atoms with Gasteiger partial charge < -0.3 is 25.0 Å². The lowest BCUT2D eigenvalue weighted by molar-refractivity contribution is -0.145. The van der Waals surface area contributed by atoms with Crippen molar-refractivity contribution in [3.63, 3.8) is 0 Å². The molecule has 0 bridgehead atoms. The normalized spacial score (nSPS) is 13.4. The van der Waals surface area contributed by atoms with E-state index >= 15 is 0 Å². The fourth-order valence-electron chi connectivity index (χ4n) is 4.69. The summed E-state index contributed by atoms with van der Waals surface area (Å²) in [4.78, 5) is 54.6. The molecule has 1 aromatic rings. The standard InChI is InChI=1S/C33H55N3O6/c1-9-12-13-14-15-18-23-36(31(39)28(24(4)10-2)35-32(40)42-33(6,7)8)29(26-20-17-16-19-25(26)5)30(38)34-22-21-27(37)41-11-3/h16-17,19-20,24,28-29H,9-15,18,21-23H2,1-8H3,(H,34,38)(H,35,40). The van der Waals surface area contributed by atoms with Gasteiger partial charge in [0.15, 0.2) is 0 Å². The van der Waals surface area contributed by atoms with Crippen LogP contribution in [0.15, 0.2) is 24.3 Å². The minimum Gasteiger partial charge on any atom is -0.466 e. The number of hydrogen-bond acceptors (Lipinski definition) is 6. The SMILES string of the molecule is CCCCCCCCN(C(=O)C(NC(=O)OC(C)(C)C)C(C)CC)C(C(=O)NCCC(=O)OCC)c1ccccc1C. The number of carbonyl (C=O) groups excluding carboxylic acids is 4. The second kappa shape index (κ2) is 19.2. The molecule has 0 saturated carbocycles. The van der Waals surface area contributed by atoms with Crippen LogP contribution >= 0.6 is 0 Å². The number of nitrogens with one attached hydrogen (secondary N) is 2. The minimum absolute atomic E-state index is 0.0289. The Balaban J connectivity index is 3.45. The van der Waals surface area contributed by atoms with Crippen LogP contribution in [0.2, 0.25) is 0 Å². The van der Waals surface area contributed by atoms with Crippen LogP contribution in [0.1, 0.15) is 117 Å². The van der Waals surface area contributed by atoms with Gasteiger partial charge >= 0.3 is 12.1 Å². The van der Waals surface area contributed by atoms with Gasteiger partial charge in [-0.15, -0.1) is 0 Å². The fourth-order valence-corrected chi connectivity index (χ4v) is 4.69. The Bertz CT molecular complexity index is 990. The van der Waals surface area contributed by atoms with Gasteiger partial charge in [0.2, 0.25) is 11.8 Å². The van der Waals surface area contributed by atoms with Gasteiger partial charge in [0.05, 0.1) is 13.0 Å². The van der Waals surface area contributed by atoms with Gasteiger partial charge in [0, 0.05) is 13.1 Å². The lowest BCUT2D eigenvalue weighted by Crippen LogP contribution is -2.55. The molecule has 0 radical (unpaired) electrons. The summed E-state index contributed by atoms with van der Waals surface area (Å²) in [6.07, 6.45) is 6.09. The number of amides is 3. The van der Waals surface area contributed by atoms with Gasteiger partial charge in [-0.1, -0.05) is 83.6 Å². The molecule has 9 heteroatoms. The molecular formula is C33H55N3O6. The van der Waals surface area contributed by atoms with Crippen molar-refractivity contribution in [1.82, 2.24) is 15.5 Å². The van der Waals surface area contributed by atoms with Gasteiger partial charge in [0.1, 0.15) is 17.7 Å². The number of esters is 1. The second-order valence-electron chi connectivity index (χ2n) is 11.9. The van der Waals surface area contributed by atoms with Gasteiger partial charge in [-0.05, 0) is 58.1 Å². The van der Waals surface area contributed by atoms with E-state index < -0.39 is 29.7 Å². The highest BCUT2D eigenvalue weighted by atomic mass is 16.6.